The third-order valence-electron chi connectivity index (χ3n) is 3.01. The highest BCUT2D eigenvalue weighted by Gasteiger charge is 2.24. The SMILES string of the molecule is CNCc1ccc(S(=O)(=O)N(C)C(C)CSC)cc1. The number of thioether (sulfide) groups is 1. The highest BCUT2D eigenvalue weighted by molar-refractivity contribution is 7.98. The molecule has 6 heteroatoms. The van der Waals surface area contributed by atoms with E-state index in [4.69, 9.17) is 0 Å². The van der Waals surface area contributed by atoms with Crippen molar-refractivity contribution in [1.29, 1.82) is 0 Å². The van der Waals surface area contributed by atoms with Crippen molar-refractivity contribution < 1.29 is 8.42 Å². The van der Waals surface area contributed by atoms with Gasteiger partial charge in [-0.15, -0.1) is 0 Å². The van der Waals surface area contributed by atoms with Crippen molar-refractivity contribution >= 4 is 21.8 Å². The van der Waals surface area contributed by atoms with Gasteiger partial charge in [-0.05, 0) is 37.9 Å². The molecule has 1 atom stereocenters. The Bertz CT molecular complexity index is 486. The van der Waals surface area contributed by atoms with Crippen LogP contribution in [0.1, 0.15) is 12.5 Å². The van der Waals surface area contributed by atoms with Gasteiger partial charge >= 0.3 is 0 Å². The molecular formula is C13H22N2O2S2. The van der Waals surface area contributed by atoms with Crippen molar-refractivity contribution in [3.63, 3.8) is 0 Å². The first-order valence-corrected chi connectivity index (χ1v) is 8.97. The molecule has 0 aliphatic rings. The van der Waals surface area contributed by atoms with E-state index in [0.717, 1.165) is 17.9 Å². The van der Waals surface area contributed by atoms with E-state index in [-0.39, 0.29) is 6.04 Å². The van der Waals surface area contributed by atoms with Crippen LogP contribution in [0.4, 0.5) is 0 Å². The van der Waals surface area contributed by atoms with Gasteiger partial charge in [0.15, 0.2) is 0 Å². The highest BCUT2D eigenvalue weighted by atomic mass is 32.2. The van der Waals surface area contributed by atoms with Crippen LogP contribution in [-0.4, -0.2) is 44.9 Å². The molecule has 19 heavy (non-hydrogen) atoms. The van der Waals surface area contributed by atoms with Gasteiger partial charge < -0.3 is 5.32 Å². The predicted molar refractivity (Wildman–Crippen MR) is 82.0 cm³/mol. The molecule has 0 saturated carbocycles. The van der Waals surface area contributed by atoms with Crippen molar-refractivity contribution in [2.24, 2.45) is 0 Å². The summed E-state index contributed by atoms with van der Waals surface area (Å²) in [7, 11) is 0.108. The van der Waals surface area contributed by atoms with E-state index in [0.29, 0.717) is 4.90 Å². The number of benzene rings is 1. The fourth-order valence-electron chi connectivity index (χ4n) is 1.73. The molecule has 0 radical (unpaired) electrons. The maximum Gasteiger partial charge on any atom is 0.243 e. The number of nitrogens with one attached hydrogen (secondary N) is 1. The first kappa shape index (κ1) is 16.5. The van der Waals surface area contributed by atoms with Gasteiger partial charge in [0.1, 0.15) is 0 Å². The zero-order valence-electron chi connectivity index (χ0n) is 11.9. The predicted octanol–water partition coefficient (Wildman–Crippen LogP) is 1.78. The lowest BCUT2D eigenvalue weighted by atomic mass is 10.2. The molecule has 1 unspecified atom stereocenters. The Morgan fingerprint density at radius 2 is 1.89 bits per heavy atom. The summed E-state index contributed by atoms with van der Waals surface area (Å²) >= 11 is 1.64. The van der Waals surface area contributed by atoms with E-state index in [2.05, 4.69) is 5.32 Å². The summed E-state index contributed by atoms with van der Waals surface area (Å²) in [6.45, 7) is 2.66. The fourth-order valence-corrected chi connectivity index (χ4v) is 3.89. The van der Waals surface area contributed by atoms with Gasteiger partial charge in [0.25, 0.3) is 0 Å². The first-order chi connectivity index (χ1) is 8.93. The number of hydrogen-bond acceptors (Lipinski definition) is 4. The average Bonchev–Trinajstić information content (AvgIpc) is 2.39. The highest BCUT2D eigenvalue weighted by Crippen LogP contribution is 2.18. The molecular weight excluding hydrogens is 280 g/mol. The fraction of sp³-hybridized carbons (Fsp3) is 0.538. The minimum absolute atomic E-state index is 0.0167. The van der Waals surface area contributed by atoms with Crippen molar-refractivity contribution in [1.82, 2.24) is 9.62 Å². The van der Waals surface area contributed by atoms with Gasteiger partial charge in [-0.3, -0.25) is 0 Å². The Kier molecular flexibility index (Phi) is 6.32. The molecule has 4 nitrogen and oxygen atoms in total. The molecule has 0 saturated heterocycles. The third-order valence-corrected chi connectivity index (χ3v) is 5.81. The molecule has 0 heterocycles. The average molecular weight is 302 g/mol. The smallest absolute Gasteiger partial charge is 0.243 e. The van der Waals surface area contributed by atoms with Crippen molar-refractivity contribution in [2.45, 2.75) is 24.4 Å². The van der Waals surface area contributed by atoms with E-state index in [1.54, 1.807) is 30.9 Å². The maximum absolute atomic E-state index is 12.4. The second kappa shape index (κ2) is 7.28. The standard InChI is InChI=1S/C13H22N2O2S2/c1-11(10-18-4)15(3)19(16,17)13-7-5-12(6-8-13)9-14-2/h5-8,11,14H,9-10H2,1-4H3. The van der Waals surface area contributed by atoms with Crippen LogP contribution < -0.4 is 5.32 Å². The molecule has 0 amide bonds. The molecule has 1 aromatic carbocycles. The molecule has 0 bridgehead atoms. The van der Waals surface area contributed by atoms with Gasteiger partial charge in [0, 0.05) is 25.4 Å². The van der Waals surface area contributed by atoms with E-state index < -0.39 is 10.0 Å². The van der Waals surface area contributed by atoms with Crippen LogP contribution >= 0.6 is 11.8 Å². The van der Waals surface area contributed by atoms with Crippen LogP contribution in [0.2, 0.25) is 0 Å². The minimum Gasteiger partial charge on any atom is -0.316 e. The zero-order valence-corrected chi connectivity index (χ0v) is 13.5. The lowest BCUT2D eigenvalue weighted by Gasteiger charge is -2.23. The molecule has 108 valence electrons. The summed E-state index contributed by atoms with van der Waals surface area (Å²) in [5.41, 5.74) is 1.07. The van der Waals surface area contributed by atoms with Gasteiger partial charge in [0.2, 0.25) is 10.0 Å². The Hall–Kier alpha value is -0.560. The van der Waals surface area contributed by atoms with Crippen LogP contribution in [-0.2, 0) is 16.6 Å². The zero-order chi connectivity index (χ0) is 14.5. The van der Waals surface area contributed by atoms with Crippen molar-refractivity contribution in [3.05, 3.63) is 29.8 Å². The summed E-state index contributed by atoms with van der Waals surface area (Å²) < 4.78 is 26.3. The molecule has 1 rings (SSSR count). The minimum atomic E-state index is -3.39. The number of sulfonamides is 1. The van der Waals surface area contributed by atoms with E-state index in [9.17, 15) is 8.42 Å². The normalized spacial score (nSPS) is 13.7. The Morgan fingerprint density at radius 1 is 1.32 bits per heavy atom. The van der Waals surface area contributed by atoms with E-state index in [1.807, 2.05) is 32.4 Å². The summed E-state index contributed by atoms with van der Waals surface area (Å²) in [6, 6.07) is 7.01. The Balaban J connectivity index is 2.93. The molecule has 1 aromatic rings. The lowest BCUT2D eigenvalue weighted by Crippen LogP contribution is -2.36. The second-order valence-corrected chi connectivity index (χ2v) is 7.41. The monoisotopic (exact) mass is 302 g/mol. The topological polar surface area (TPSA) is 49.4 Å². The quantitative estimate of drug-likeness (QED) is 0.834. The van der Waals surface area contributed by atoms with Crippen LogP contribution in [0.3, 0.4) is 0 Å². The van der Waals surface area contributed by atoms with Gasteiger partial charge in [-0.25, -0.2) is 8.42 Å². The Labute approximate surface area is 120 Å². The first-order valence-electron chi connectivity index (χ1n) is 6.14. The summed E-state index contributed by atoms with van der Waals surface area (Å²) in [6.07, 6.45) is 1.98. The molecule has 0 fully saturated rings. The number of rotatable bonds is 7. The molecule has 0 aromatic heterocycles. The Morgan fingerprint density at radius 3 is 2.37 bits per heavy atom. The lowest BCUT2D eigenvalue weighted by molar-refractivity contribution is 0.415. The van der Waals surface area contributed by atoms with Gasteiger partial charge in [-0.2, -0.15) is 16.1 Å². The summed E-state index contributed by atoms with van der Waals surface area (Å²) in [5.74, 6) is 0.785. The number of hydrogen-bond donors (Lipinski definition) is 1. The summed E-state index contributed by atoms with van der Waals surface area (Å²) in [4.78, 5) is 0.350. The van der Waals surface area contributed by atoms with E-state index in [1.165, 1.54) is 4.31 Å². The molecule has 0 aliphatic carbocycles. The van der Waals surface area contributed by atoms with Crippen LogP contribution in [0, 0.1) is 0 Å². The molecule has 0 spiro atoms. The van der Waals surface area contributed by atoms with E-state index >= 15 is 0 Å². The summed E-state index contributed by atoms with van der Waals surface area (Å²) in [5, 5.41) is 3.04. The number of nitrogens with zero attached hydrogens (tertiary/aromatic N) is 1. The van der Waals surface area contributed by atoms with Crippen LogP contribution in [0.25, 0.3) is 0 Å². The van der Waals surface area contributed by atoms with Gasteiger partial charge in [0.05, 0.1) is 4.90 Å². The van der Waals surface area contributed by atoms with Gasteiger partial charge in [-0.1, -0.05) is 12.1 Å². The van der Waals surface area contributed by atoms with Crippen LogP contribution in [0.5, 0.6) is 0 Å². The maximum atomic E-state index is 12.4. The van der Waals surface area contributed by atoms with Crippen molar-refractivity contribution in [3.8, 4) is 0 Å². The third kappa shape index (κ3) is 4.21. The second-order valence-electron chi connectivity index (χ2n) is 4.50. The molecule has 1 N–H and O–H groups in total. The van der Waals surface area contributed by atoms with Crippen LogP contribution in [0.15, 0.2) is 29.2 Å². The molecule has 0 aliphatic heterocycles. The van der Waals surface area contributed by atoms with Crippen molar-refractivity contribution in [2.75, 3.05) is 26.1 Å². The largest absolute Gasteiger partial charge is 0.316 e.